The normalized spacial score (nSPS) is 13.1. The van der Waals surface area contributed by atoms with Crippen molar-refractivity contribution in [1.29, 1.82) is 0 Å². The lowest BCUT2D eigenvalue weighted by atomic mass is 10.1. The molecule has 0 aromatic rings. The summed E-state index contributed by atoms with van der Waals surface area (Å²) < 4.78 is 0. The van der Waals surface area contributed by atoms with E-state index < -0.39 is 6.04 Å². The monoisotopic (exact) mass is 130 g/mol. The topological polar surface area (TPSA) is 63.3 Å². The van der Waals surface area contributed by atoms with Gasteiger partial charge >= 0.3 is 0 Å². The predicted octanol–water partition coefficient (Wildman–Crippen LogP) is -0.414. The number of aliphatic hydroxyl groups is 1. The summed E-state index contributed by atoms with van der Waals surface area (Å²) in [7, 11) is 0. The molecule has 0 spiro atoms. The Morgan fingerprint density at radius 3 is 2.67 bits per heavy atom. The first-order valence-corrected chi connectivity index (χ1v) is 3.05. The van der Waals surface area contributed by atoms with E-state index in [0.717, 1.165) is 12.8 Å². The molecule has 3 nitrogen and oxygen atoms in total. The fraction of sp³-hybridized carbons (Fsp3) is 0.833. The van der Waals surface area contributed by atoms with Crippen LogP contribution in [0.4, 0.5) is 0 Å². The van der Waals surface area contributed by atoms with Gasteiger partial charge in [0.2, 0.25) is 6.29 Å². The SMILES string of the molecule is N[C@H]([C]=O)CCCCO. The van der Waals surface area contributed by atoms with Gasteiger partial charge in [0.15, 0.2) is 0 Å². The molecule has 0 saturated heterocycles. The lowest BCUT2D eigenvalue weighted by Crippen LogP contribution is -2.20. The summed E-state index contributed by atoms with van der Waals surface area (Å²) in [5.74, 6) is 0. The molecule has 0 rings (SSSR count). The van der Waals surface area contributed by atoms with Crippen molar-refractivity contribution in [2.45, 2.75) is 25.3 Å². The highest BCUT2D eigenvalue weighted by molar-refractivity contribution is 5.57. The van der Waals surface area contributed by atoms with Gasteiger partial charge in [0.25, 0.3) is 0 Å². The van der Waals surface area contributed by atoms with Gasteiger partial charge in [-0.1, -0.05) is 0 Å². The zero-order valence-corrected chi connectivity index (χ0v) is 5.34. The number of unbranched alkanes of at least 4 members (excludes halogenated alkanes) is 1. The molecule has 0 aliphatic carbocycles. The van der Waals surface area contributed by atoms with Crippen LogP contribution in [0.2, 0.25) is 0 Å². The molecule has 0 amide bonds. The zero-order chi connectivity index (χ0) is 7.11. The number of aliphatic hydroxyl groups excluding tert-OH is 1. The molecule has 0 aromatic carbocycles. The van der Waals surface area contributed by atoms with Gasteiger partial charge < -0.3 is 10.8 Å². The number of hydrogen-bond donors (Lipinski definition) is 2. The van der Waals surface area contributed by atoms with Crippen LogP contribution in [0.15, 0.2) is 0 Å². The molecule has 0 saturated carbocycles. The Kier molecular flexibility index (Phi) is 5.46. The molecule has 0 fully saturated rings. The average molecular weight is 130 g/mol. The third-order valence-electron chi connectivity index (χ3n) is 1.07. The molecule has 0 aromatic heterocycles. The molecular weight excluding hydrogens is 118 g/mol. The van der Waals surface area contributed by atoms with Gasteiger partial charge in [0.05, 0.1) is 6.04 Å². The Balaban J connectivity index is 2.96. The molecule has 1 atom stereocenters. The lowest BCUT2D eigenvalue weighted by molar-refractivity contribution is 0.282. The standard InChI is InChI=1S/C6H12NO2/c7-6(5-9)3-1-2-4-8/h6,8H,1-4,7H2/t6-/m0/s1. The van der Waals surface area contributed by atoms with Crippen molar-refractivity contribution in [2.24, 2.45) is 5.73 Å². The van der Waals surface area contributed by atoms with E-state index in [1.54, 1.807) is 6.29 Å². The average Bonchev–Trinajstić information content (AvgIpc) is 1.89. The fourth-order valence-corrected chi connectivity index (χ4v) is 0.535. The van der Waals surface area contributed by atoms with Crippen molar-refractivity contribution >= 4 is 6.29 Å². The summed E-state index contributed by atoms with van der Waals surface area (Å²) in [6, 6.07) is -0.462. The van der Waals surface area contributed by atoms with Crippen LogP contribution in [-0.4, -0.2) is 24.0 Å². The van der Waals surface area contributed by atoms with Crippen LogP contribution in [0.5, 0.6) is 0 Å². The number of nitrogens with two attached hydrogens (primary N) is 1. The Hall–Kier alpha value is -0.410. The van der Waals surface area contributed by atoms with Crippen molar-refractivity contribution < 1.29 is 9.90 Å². The van der Waals surface area contributed by atoms with E-state index in [1.807, 2.05) is 0 Å². The third kappa shape index (κ3) is 5.46. The Morgan fingerprint density at radius 1 is 1.56 bits per heavy atom. The maximum atomic E-state index is 9.79. The summed E-state index contributed by atoms with van der Waals surface area (Å²) in [6.07, 6.45) is 3.82. The molecule has 0 heterocycles. The van der Waals surface area contributed by atoms with Crippen LogP contribution in [0.1, 0.15) is 19.3 Å². The van der Waals surface area contributed by atoms with Crippen LogP contribution >= 0.6 is 0 Å². The minimum Gasteiger partial charge on any atom is -0.396 e. The molecule has 1 radical (unpaired) electrons. The van der Waals surface area contributed by atoms with Crippen LogP contribution < -0.4 is 5.73 Å². The van der Waals surface area contributed by atoms with Gasteiger partial charge in [-0.05, 0) is 19.3 Å². The van der Waals surface area contributed by atoms with E-state index in [-0.39, 0.29) is 6.61 Å². The van der Waals surface area contributed by atoms with E-state index in [0.29, 0.717) is 6.42 Å². The number of carbonyl (C=O) groups excluding carboxylic acids is 1. The predicted molar refractivity (Wildman–Crippen MR) is 34.6 cm³/mol. The molecule has 0 bridgehead atoms. The summed E-state index contributed by atoms with van der Waals surface area (Å²) in [5.41, 5.74) is 5.21. The van der Waals surface area contributed by atoms with Crippen molar-refractivity contribution in [3.8, 4) is 0 Å². The summed E-state index contributed by atoms with van der Waals surface area (Å²) in [5, 5.41) is 8.31. The molecule has 3 heteroatoms. The van der Waals surface area contributed by atoms with Gasteiger partial charge in [0, 0.05) is 6.61 Å². The molecule has 0 aliphatic heterocycles. The lowest BCUT2D eigenvalue weighted by Gasteiger charge is -1.98. The van der Waals surface area contributed by atoms with E-state index in [9.17, 15) is 4.79 Å². The smallest absolute Gasteiger partial charge is 0.216 e. The van der Waals surface area contributed by atoms with Crippen molar-refractivity contribution in [2.75, 3.05) is 6.61 Å². The van der Waals surface area contributed by atoms with E-state index in [2.05, 4.69) is 0 Å². The number of hydrogen-bond acceptors (Lipinski definition) is 3. The molecular formula is C6H12NO2. The highest BCUT2D eigenvalue weighted by atomic mass is 16.2. The number of rotatable bonds is 5. The van der Waals surface area contributed by atoms with Gasteiger partial charge in [-0.2, -0.15) is 0 Å². The third-order valence-corrected chi connectivity index (χ3v) is 1.07. The van der Waals surface area contributed by atoms with Crippen molar-refractivity contribution in [3.63, 3.8) is 0 Å². The highest BCUT2D eigenvalue weighted by Gasteiger charge is 1.98. The van der Waals surface area contributed by atoms with Crippen LogP contribution in [-0.2, 0) is 4.79 Å². The molecule has 9 heavy (non-hydrogen) atoms. The van der Waals surface area contributed by atoms with Crippen LogP contribution in [0.25, 0.3) is 0 Å². The van der Waals surface area contributed by atoms with Gasteiger partial charge in [-0.15, -0.1) is 0 Å². The van der Waals surface area contributed by atoms with E-state index >= 15 is 0 Å². The van der Waals surface area contributed by atoms with Crippen LogP contribution in [0, 0.1) is 0 Å². The second kappa shape index (κ2) is 5.72. The minimum absolute atomic E-state index is 0.172. The fourth-order valence-electron chi connectivity index (χ4n) is 0.535. The van der Waals surface area contributed by atoms with Crippen molar-refractivity contribution in [1.82, 2.24) is 0 Å². The summed E-state index contributed by atoms with van der Waals surface area (Å²) in [4.78, 5) is 9.79. The van der Waals surface area contributed by atoms with E-state index in [4.69, 9.17) is 10.8 Å². The first kappa shape index (κ1) is 8.59. The quantitative estimate of drug-likeness (QED) is 0.497. The second-order valence-electron chi connectivity index (χ2n) is 1.94. The molecule has 0 aliphatic rings. The Morgan fingerprint density at radius 2 is 2.22 bits per heavy atom. The van der Waals surface area contributed by atoms with Gasteiger partial charge in [0.1, 0.15) is 0 Å². The first-order valence-electron chi connectivity index (χ1n) is 3.05. The largest absolute Gasteiger partial charge is 0.396 e. The van der Waals surface area contributed by atoms with Crippen molar-refractivity contribution in [3.05, 3.63) is 0 Å². The molecule has 3 N–H and O–H groups in total. The minimum atomic E-state index is -0.462. The van der Waals surface area contributed by atoms with E-state index in [1.165, 1.54) is 0 Å². The first-order chi connectivity index (χ1) is 4.31. The van der Waals surface area contributed by atoms with Gasteiger partial charge in [-0.3, -0.25) is 4.79 Å². The van der Waals surface area contributed by atoms with Gasteiger partial charge in [-0.25, -0.2) is 0 Å². The van der Waals surface area contributed by atoms with Crippen LogP contribution in [0.3, 0.4) is 0 Å². The maximum absolute atomic E-state index is 9.79. The molecule has 53 valence electrons. The Bertz CT molecular complexity index is 75.5. The molecule has 0 unspecified atom stereocenters. The second-order valence-corrected chi connectivity index (χ2v) is 1.94. The Labute approximate surface area is 54.9 Å². The zero-order valence-electron chi connectivity index (χ0n) is 5.34. The maximum Gasteiger partial charge on any atom is 0.216 e. The summed E-state index contributed by atoms with van der Waals surface area (Å²) in [6.45, 7) is 0.172. The highest BCUT2D eigenvalue weighted by Crippen LogP contribution is 1.95. The summed E-state index contributed by atoms with van der Waals surface area (Å²) >= 11 is 0.